The Balaban J connectivity index is 1.75. The van der Waals surface area contributed by atoms with E-state index in [1.165, 1.54) is 0 Å². The summed E-state index contributed by atoms with van der Waals surface area (Å²) in [6.45, 7) is 0.597. The van der Waals surface area contributed by atoms with Gasteiger partial charge < -0.3 is 10.3 Å². The maximum Gasteiger partial charge on any atom is 0.240 e. The molecule has 1 saturated carbocycles. The highest BCUT2D eigenvalue weighted by atomic mass is 16.2. The molecule has 1 fully saturated rings. The van der Waals surface area contributed by atoms with E-state index < -0.39 is 5.41 Å². The van der Waals surface area contributed by atoms with Crippen molar-refractivity contribution < 1.29 is 4.79 Å². The Morgan fingerprint density at radius 1 is 1.67 bits per heavy atom. The lowest BCUT2D eigenvalue weighted by molar-refractivity contribution is -0.124. The van der Waals surface area contributed by atoms with Crippen LogP contribution in [-0.2, 0) is 11.2 Å². The molecule has 0 aromatic carbocycles. The molecule has 0 saturated heterocycles. The van der Waals surface area contributed by atoms with E-state index in [0.717, 1.165) is 12.0 Å². The van der Waals surface area contributed by atoms with Gasteiger partial charge in [-0.2, -0.15) is 5.26 Å². The Hall–Kier alpha value is -1.76. The third-order valence-electron chi connectivity index (χ3n) is 2.76. The molecular formula is C11H13N3O. The minimum atomic E-state index is -0.696. The van der Waals surface area contributed by atoms with Crippen molar-refractivity contribution >= 4 is 5.91 Å². The van der Waals surface area contributed by atoms with Crippen LogP contribution in [0.15, 0.2) is 18.5 Å². The lowest BCUT2D eigenvalue weighted by Gasteiger charge is -2.06. The van der Waals surface area contributed by atoms with Crippen molar-refractivity contribution in [2.45, 2.75) is 19.3 Å². The molecule has 4 nitrogen and oxygen atoms in total. The molecule has 2 N–H and O–H groups in total. The van der Waals surface area contributed by atoms with Crippen molar-refractivity contribution in [3.8, 4) is 6.07 Å². The molecule has 15 heavy (non-hydrogen) atoms. The number of hydrogen-bond donors (Lipinski definition) is 2. The summed E-state index contributed by atoms with van der Waals surface area (Å²) < 4.78 is 0. The van der Waals surface area contributed by atoms with Gasteiger partial charge >= 0.3 is 0 Å². The Kier molecular flexibility index (Phi) is 2.46. The van der Waals surface area contributed by atoms with E-state index in [2.05, 4.69) is 16.4 Å². The predicted molar refractivity (Wildman–Crippen MR) is 54.8 cm³/mol. The lowest BCUT2D eigenvalue weighted by Crippen LogP contribution is -2.32. The zero-order valence-electron chi connectivity index (χ0n) is 8.42. The summed E-state index contributed by atoms with van der Waals surface area (Å²) in [5.41, 5.74) is 0.468. The van der Waals surface area contributed by atoms with Crippen LogP contribution in [0.25, 0.3) is 0 Å². The summed E-state index contributed by atoms with van der Waals surface area (Å²) in [5, 5.41) is 11.6. The smallest absolute Gasteiger partial charge is 0.240 e. The first-order valence-electron chi connectivity index (χ1n) is 5.08. The predicted octanol–water partition coefficient (Wildman–Crippen LogP) is 0.977. The number of amides is 1. The van der Waals surface area contributed by atoms with E-state index in [1.807, 2.05) is 18.5 Å². The van der Waals surface area contributed by atoms with Crippen LogP contribution in [0, 0.1) is 16.7 Å². The topological polar surface area (TPSA) is 68.7 Å². The number of aromatic amines is 1. The Morgan fingerprint density at radius 2 is 2.47 bits per heavy atom. The number of aromatic nitrogens is 1. The number of carbonyl (C=O) groups excluding carboxylic acids is 1. The second kappa shape index (κ2) is 3.77. The van der Waals surface area contributed by atoms with E-state index in [9.17, 15) is 4.79 Å². The highest BCUT2D eigenvalue weighted by Gasteiger charge is 2.50. The molecule has 1 aliphatic carbocycles. The van der Waals surface area contributed by atoms with Crippen LogP contribution >= 0.6 is 0 Å². The van der Waals surface area contributed by atoms with Crippen LogP contribution in [0.2, 0.25) is 0 Å². The molecule has 4 heteroatoms. The first-order chi connectivity index (χ1) is 7.27. The lowest BCUT2D eigenvalue weighted by atomic mass is 10.1. The van der Waals surface area contributed by atoms with Crippen LogP contribution < -0.4 is 5.32 Å². The van der Waals surface area contributed by atoms with Crippen LogP contribution in [0.3, 0.4) is 0 Å². The largest absolute Gasteiger partial charge is 0.367 e. The van der Waals surface area contributed by atoms with Gasteiger partial charge in [-0.25, -0.2) is 0 Å². The summed E-state index contributed by atoms with van der Waals surface area (Å²) in [5.74, 6) is -0.111. The average Bonchev–Trinajstić information content (AvgIpc) is 2.90. The fourth-order valence-electron chi connectivity index (χ4n) is 1.52. The summed E-state index contributed by atoms with van der Waals surface area (Å²) in [4.78, 5) is 14.5. The van der Waals surface area contributed by atoms with Crippen LogP contribution in [0.5, 0.6) is 0 Å². The van der Waals surface area contributed by atoms with E-state index in [0.29, 0.717) is 19.4 Å². The molecule has 78 valence electrons. The second-order valence-corrected chi connectivity index (χ2v) is 3.92. The van der Waals surface area contributed by atoms with Crippen molar-refractivity contribution in [2.75, 3.05) is 6.54 Å². The normalized spacial score (nSPS) is 16.7. The van der Waals surface area contributed by atoms with Gasteiger partial charge in [-0.05, 0) is 30.9 Å². The van der Waals surface area contributed by atoms with Gasteiger partial charge in [0.25, 0.3) is 0 Å². The van der Waals surface area contributed by atoms with Crippen molar-refractivity contribution in [1.82, 2.24) is 10.3 Å². The first kappa shape index (κ1) is 9.78. The van der Waals surface area contributed by atoms with Crippen molar-refractivity contribution in [3.63, 3.8) is 0 Å². The van der Waals surface area contributed by atoms with Gasteiger partial charge in [0.2, 0.25) is 5.91 Å². The second-order valence-electron chi connectivity index (χ2n) is 3.92. The van der Waals surface area contributed by atoms with Crippen molar-refractivity contribution in [2.24, 2.45) is 5.41 Å². The third-order valence-corrected chi connectivity index (χ3v) is 2.76. The summed E-state index contributed by atoms with van der Waals surface area (Å²) in [7, 11) is 0. The molecule has 1 aromatic heterocycles. The number of nitriles is 1. The molecule has 0 atom stereocenters. The van der Waals surface area contributed by atoms with Crippen molar-refractivity contribution in [1.29, 1.82) is 5.26 Å². The summed E-state index contributed by atoms with van der Waals surface area (Å²) >= 11 is 0. The van der Waals surface area contributed by atoms with Gasteiger partial charge in [0.15, 0.2) is 0 Å². The third kappa shape index (κ3) is 2.01. The van der Waals surface area contributed by atoms with Gasteiger partial charge in [0.1, 0.15) is 5.41 Å². The minimum absolute atomic E-state index is 0.111. The van der Waals surface area contributed by atoms with Gasteiger partial charge in [0, 0.05) is 18.9 Å². The number of nitrogens with zero attached hydrogens (tertiary/aromatic N) is 1. The summed E-state index contributed by atoms with van der Waals surface area (Å²) in [6.07, 6.45) is 5.98. The van der Waals surface area contributed by atoms with Crippen LogP contribution in [-0.4, -0.2) is 17.4 Å². The molecule has 0 unspecified atom stereocenters. The maximum absolute atomic E-state index is 11.5. The average molecular weight is 203 g/mol. The van der Waals surface area contributed by atoms with Gasteiger partial charge in [-0.3, -0.25) is 4.79 Å². The quantitative estimate of drug-likeness (QED) is 0.765. The fraction of sp³-hybridized carbons (Fsp3) is 0.455. The minimum Gasteiger partial charge on any atom is -0.367 e. The van der Waals surface area contributed by atoms with E-state index in [4.69, 9.17) is 5.26 Å². The molecule has 1 aromatic rings. The molecular weight excluding hydrogens is 190 g/mol. The molecule has 0 spiro atoms. The zero-order valence-corrected chi connectivity index (χ0v) is 8.42. The number of nitrogens with one attached hydrogen (secondary N) is 2. The maximum atomic E-state index is 11.5. The Morgan fingerprint density at radius 3 is 3.00 bits per heavy atom. The number of H-pyrrole nitrogens is 1. The Bertz CT molecular complexity index is 384. The molecule has 1 heterocycles. The highest BCUT2D eigenvalue weighted by Crippen LogP contribution is 2.44. The van der Waals surface area contributed by atoms with Crippen LogP contribution in [0.1, 0.15) is 18.4 Å². The number of rotatable bonds is 4. The van der Waals surface area contributed by atoms with Crippen LogP contribution in [0.4, 0.5) is 0 Å². The van der Waals surface area contributed by atoms with E-state index in [1.54, 1.807) is 0 Å². The highest BCUT2D eigenvalue weighted by molar-refractivity contribution is 5.88. The van der Waals surface area contributed by atoms with Crippen molar-refractivity contribution in [3.05, 3.63) is 24.0 Å². The molecule has 0 aliphatic heterocycles. The SMILES string of the molecule is N#CC1(C(=O)NCCc2cc[nH]c2)CC1. The molecule has 0 radical (unpaired) electrons. The van der Waals surface area contributed by atoms with Gasteiger partial charge in [-0.15, -0.1) is 0 Å². The monoisotopic (exact) mass is 203 g/mol. The van der Waals surface area contributed by atoms with E-state index >= 15 is 0 Å². The zero-order chi connectivity index (χ0) is 10.7. The molecule has 1 aliphatic rings. The van der Waals surface area contributed by atoms with E-state index in [-0.39, 0.29) is 5.91 Å². The Labute approximate surface area is 88.3 Å². The first-order valence-corrected chi connectivity index (χ1v) is 5.08. The molecule has 1 amide bonds. The fourth-order valence-corrected chi connectivity index (χ4v) is 1.52. The number of carbonyl (C=O) groups is 1. The molecule has 2 rings (SSSR count). The molecule has 0 bridgehead atoms. The van der Waals surface area contributed by atoms with Gasteiger partial charge in [0.05, 0.1) is 6.07 Å². The standard InChI is InChI=1S/C11H13N3O/c12-8-11(3-4-11)10(15)14-6-2-9-1-5-13-7-9/h1,5,7,13H,2-4,6H2,(H,14,15). The number of hydrogen-bond acceptors (Lipinski definition) is 2. The van der Waals surface area contributed by atoms with Gasteiger partial charge in [-0.1, -0.05) is 0 Å². The summed E-state index contributed by atoms with van der Waals surface area (Å²) in [6, 6.07) is 4.05.